The fourth-order valence-electron chi connectivity index (χ4n) is 4.21. The molecule has 4 rings (SSSR count). The van der Waals surface area contributed by atoms with Crippen LogP contribution in [-0.2, 0) is 19.0 Å². The highest BCUT2D eigenvalue weighted by atomic mass is 19.4. The van der Waals surface area contributed by atoms with Gasteiger partial charge in [-0.2, -0.15) is 26.3 Å². The number of carbonyl (C=O) groups excluding carboxylic acids is 1. The SMILES string of the molecule is O=C([O-])c1cc(C2=C(c3cc(C(F)(F)F)ccc3OCc3ccccc3F)CCC2)cnc1C(F)(F)F. The molecular formula is C26H17F7NO3-. The minimum absolute atomic E-state index is 0.00523. The zero-order chi connectivity index (χ0) is 27.0. The fourth-order valence-corrected chi connectivity index (χ4v) is 4.21. The smallest absolute Gasteiger partial charge is 0.433 e. The van der Waals surface area contributed by atoms with Gasteiger partial charge in [0.25, 0.3) is 0 Å². The van der Waals surface area contributed by atoms with E-state index in [2.05, 4.69) is 4.98 Å². The van der Waals surface area contributed by atoms with E-state index >= 15 is 0 Å². The molecule has 0 fully saturated rings. The Morgan fingerprint density at radius 2 is 1.65 bits per heavy atom. The molecule has 0 unspecified atom stereocenters. The number of aromatic nitrogens is 1. The van der Waals surface area contributed by atoms with Gasteiger partial charge < -0.3 is 14.6 Å². The number of ether oxygens (including phenoxy) is 1. The summed E-state index contributed by atoms with van der Waals surface area (Å²) in [5, 5.41) is 11.4. The molecule has 0 spiro atoms. The summed E-state index contributed by atoms with van der Waals surface area (Å²) in [6, 6.07) is 9.22. The number of rotatable bonds is 6. The van der Waals surface area contributed by atoms with Gasteiger partial charge >= 0.3 is 12.4 Å². The van der Waals surface area contributed by atoms with Crippen LogP contribution < -0.4 is 9.84 Å². The number of carbonyl (C=O) groups is 1. The van der Waals surface area contributed by atoms with Gasteiger partial charge in [0.1, 0.15) is 18.2 Å². The van der Waals surface area contributed by atoms with E-state index in [1.165, 1.54) is 18.2 Å². The molecule has 0 aliphatic heterocycles. The molecule has 11 heteroatoms. The molecule has 4 nitrogen and oxygen atoms in total. The molecule has 1 aromatic heterocycles. The lowest BCUT2D eigenvalue weighted by atomic mass is 9.94. The van der Waals surface area contributed by atoms with Crippen molar-refractivity contribution in [3.8, 4) is 5.75 Å². The van der Waals surface area contributed by atoms with E-state index < -0.39 is 41.0 Å². The van der Waals surface area contributed by atoms with Crippen molar-refractivity contribution in [3.63, 3.8) is 0 Å². The normalized spacial score (nSPS) is 14.2. The maximum absolute atomic E-state index is 14.0. The van der Waals surface area contributed by atoms with Crippen LogP contribution in [0.2, 0.25) is 0 Å². The average molecular weight is 524 g/mol. The number of hydrogen-bond acceptors (Lipinski definition) is 4. The number of aromatic carboxylic acids is 1. The average Bonchev–Trinajstić information content (AvgIpc) is 3.31. The van der Waals surface area contributed by atoms with Gasteiger partial charge in [-0.15, -0.1) is 0 Å². The van der Waals surface area contributed by atoms with Gasteiger partial charge in [0.15, 0.2) is 5.69 Å². The summed E-state index contributed by atoms with van der Waals surface area (Å²) >= 11 is 0. The van der Waals surface area contributed by atoms with Gasteiger partial charge in [0, 0.05) is 22.9 Å². The quantitative estimate of drug-likeness (QED) is 0.356. The van der Waals surface area contributed by atoms with Crippen molar-refractivity contribution in [2.24, 2.45) is 0 Å². The zero-order valence-electron chi connectivity index (χ0n) is 18.8. The monoisotopic (exact) mass is 524 g/mol. The van der Waals surface area contributed by atoms with Crippen LogP contribution in [0.4, 0.5) is 30.7 Å². The summed E-state index contributed by atoms with van der Waals surface area (Å²) in [4.78, 5) is 14.7. The highest BCUT2D eigenvalue weighted by Gasteiger charge is 2.36. The summed E-state index contributed by atoms with van der Waals surface area (Å²) in [6.07, 6.45) is -7.98. The predicted octanol–water partition coefficient (Wildman–Crippen LogP) is 6.30. The molecule has 0 atom stereocenters. The van der Waals surface area contributed by atoms with Crippen molar-refractivity contribution in [1.82, 2.24) is 4.98 Å². The lowest BCUT2D eigenvalue weighted by Gasteiger charge is -2.18. The van der Waals surface area contributed by atoms with Crippen LogP contribution in [0.1, 0.15) is 57.6 Å². The van der Waals surface area contributed by atoms with Crippen LogP contribution in [0, 0.1) is 5.82 Å². The molecular weight excluding hydrogens is 507 g/mol. The first-order valence-corrected chi connectivity index (χ1v) is 10.9. The second-order valence-corrected chi connectivity index (χ2v) is 8.30. The minimum atomic E-state index is -5.05. The third-order valence-corrected chi connectivity index (χ3v) is 5.92. The molecule has 2 aromatic carbocycles. The molecule has 3 aromatic rings. The van der Waals surface area contributed by atoms with Crippen LogP contribution in [0.25, 0.3) is 11.1 Å². The van der Waals surface area contributed by atoms with Crippen molar-refractivity contribution in [2.45, 2.75) is 38.2 Å². The van der Waals surface area contributed by atoms with E-state index in [0.29, 0.717) is 17.6 Å². The summed E-state index contributed by atoms with van der Waals surface area (Å²) in [5.41, 5.74) is -2.93. The minimum Gasteiger partial charge on any atom is -0.545 e. The maximum Gasteiger partial charge on any atom is 0.433 e. The lowest BCUT2D eigenvalue weighted by molar-refractivity contribution is -0.255. The summed E-state index contributed by atoms with van der Waals surface area (Å²) in [5.74, 6) is -2.65. The molecule has 0 amide bonds. The van der Waals surface area contributed by atoms with Gasteiger partial charge in [-0.1, -0.05) is 18.2 Å². The largest absolute Gasteiger partial charge is 0.545 e. The first-order valence-electron chi connectivity index (χ1n) is 10.9. The van der Waals surface area contributed by atoms with Gasteiger partial charge in [-0.3, -0.25) is 4.98 Å². The molecule has 194 valence electrons. The van der Waals surface area contributed by atoms with Crippen molar-refractivity contribution in [1.29, 1.82) is 0 Å². The number of hydrogen-bond donors (Lipinski definition) is 0. The van der Waals surface area contributed by atoms with Crippen LogP contribution in [0.3, 0.4) is 0 Å². The van der Waals surface area contributed by atoms with Gasteiger partial charge in [-0.25, -0.2) is 4.39 Å². The number of benzene rings is 2. The van der Waals surface area contributed by atoms with Crippen molar-refractivity contribution < 1.29 is 45.4 Å². The molecule has 0 bridgehead atoms. The Balaban J connectivity index is 1.83. The molecule has 1 aliphatic carbocycles. The number of alkyl halides is 6. The topological polar surface area (TPSA) is 62.2 Å². The molecule has 1 aliphatic rings. The van der Waals surface area contributed by atoms with E-state index in [1.54, 1.807) is 6.07 Å². The Morgan fingerprint density at radius 1 is 0.946 bits per heavy atom. The van der Waals surface area contributed by atoms with E-state index in [-0.39, 0.29) is 41.9 Å². The van der Waals surface area contributed by atoms with E-state index in [0.717, 1.165) is 30.5 Å². The highest BCUT2D eigenvalue weighted by Crippen LogP contribution is 2.45. The fraction of sp³-hybridized carbons (Fsp3) is 0.231. The number of carboxylic acids is 1. The molecule has 0 N–H and O–H groups in total. The van der Waals surface area contributed by atoms with Gasteiger partial charge in [-0.05, 0) is 66.3 Å². The van der Waals surface area contributed by atoms with Crippen molar-refractivity contribution in [3.05, 3.63) is 94.1 Å². The second-order valence-electron chi connectivity index (χ2n) is 8.30. The standard InChI is InChI=1S/C26H18F7NO3/c27-21-7-2-1-4-14(21)13-37-22-9-8-16(25(28,29)30)11-19(22)18-6-3-5-17(18)15-10-20(24(35)36)23(34-12-15)26(31,32)33/h1-2,4,7-12H,3,5-6,13H2,(H,35,36)/p-1. The Labute approximate surface area is 206 Å². The number of halogens is 7. The van der Waals surface area contributed by atoms with E-state index in [9.17, 15) is 40.6 Å². The third kappa shape index (κ3) is 5.60. The molecule has 0 saturated carbocycles. The first kappa shape index (κ1) is 26.2. The predicted molar refractivity (Wildman–Crippen MR) is 116 cm³/mol. The summed E-state index contributed by atoms with van der Waals surface area (Å²) in [7, 11) is 0. The van der Waals surface area contributed by atoms with Crippen LogP contribution in [-0.4, -0.2) is 11.0 Å². The van der Waals surface area contributed by atoms with Gasteiger partial charge in [0.2, 0.25) is 0 Å². The Hall–Kier alpha value is -3.89. The summed E-state index contributed by atoms with van der Waals surface area (Å²) in [6.45, 7) is -0.287. The number of allylic oxidation sites excluding steroid dienone is 2. The molecule has 1 heterocycles. The third-order valence-electron chi connectivity index (χ3n) is 5.92. The van der Waals surface area contributed by atoms with E-state index in [1.807, 2.05) is 0 Å². The number of carboxylic acid groups (broad SMARTS) is 1. The van der Waals surface area contributed by atoms with Crippen molar-refractivity contribution in [2.75, 3.05) is 0 Å². The summed E-state index contributed by atoms with van der Waals surface area (Å²) < 4.78 is 99.9. The Bertz CT molecular complexity index is 1380. The molecule has 0 radical (unpaired) electrons. The highest BCUT2D eigenvalue weighted by molar-refractivity contribution is 5.96. The van der Waals surface area contributed by atoms with Crippen molar-refractivity contribution >= 4 is 17.1 Å². The van der Waals surface area contributed by atoms with Crippen LogP contribution >= 0.6 is 0 Å². The molecule has 0 saturated heterocycles. The number of pyridine rings is 1. The van der Waals surface area contributed by atoms with E-state index in [4.69, 9.17) is 4.74 Å². The van der Waals surface area contributed by atoms with Crippen LogP contribution in [0.15, 0.2) is 54.7 Å². The first-order chi connectivity index (χ1) is 17.4. The zero-order valence-corrected chi connectivity index (χ0v) is 18.8. The molecule has 37 heavy (non-hydrogen) atoms. The lowest BCUT2D eigenvalue weighted by Crippen LogP contribution is -2.27. The van der Waals surface area contributed by atoms with Crippen LogP contribution in [0.5, 0.6) is 5.75 Å². The Morgan fingerprint density at radius 3 is 2.30 bits per heavy atom. The maximum atomic E-state index is 14.0. The van der Waals surface area contributed by atoms with Gasteiger partial charge in [0.05, 0.1) is 11.5 Å². The Kier molecular flexibility index (Phi) is 6.98. The second kappa shape index (κ2) is 9.87. The number of nitrogens with zero attached hydrogens (tertiary/aromatic N) is 1.